The summed E-state index contributed by atoms with van der Waals surface area (Å²) in [6.07, 6.45) is 0.686. The molecule has 0 spiro atoms. The van der Waals surface area contributed by atoms with E-state index >= 15 is 0 Å². The van der Waals surface area contributed by atoms with Gasteiger partial charge in [0.2, 0.25) is 5.91 Å². The highest BCUT2D eigenvalue weighted by molar-refractivity contribution is 5.94. The van der Waals surface area contributed by atoms with Gasteiger partial charge in [-0.1, -0.05) is 30.3 Å². The Hall–Kier alpha value is -2.62. The number of esters is 1. The second-order valence-electron chi connectivity index (χ2n) is 7.12. The summed E-state index contributed by atoms with van der Waals surface area (Å²) in [5.74, 6) is -0.0594. The number of hydrogen-bond donors (Lipinski definition) is 1. The van der Waals surface area contributed by atoms with Crippen molar-refractivity contribution in [3.05, 3.63) is 47.5 Å². The summed E-state index contributed by atoms with van der Waals surface area (Å²) in [6.45, 7) is 6.87. The molecule has 0 aliphatic heterocycles. The zero-order valence-corrected chi connectivity index (χ0v) is 14.4. The number of fused-ring (bicyclic) bond motifs is 3. The van der Waals surface area contributed by atoms with Crippen molar-refractivity contribution in [2.45, 2.75) is 34.1 Å². The molecule has 124 valence electrons. The number of carbonyl (C=O) groups is 2. The molecule has 3 rings (SSSR count). The number of benzene rings is 2. The molecule has 2 aromatic rings. The van der Waals surface area contributed by atoms with Crippen LogP contribution in [0.25, 0.3) is 11.1 Å². The second kappa shape index (κ2) is 5.78. The van der Waals surface area contributed by atoms with E-state index in [0.29, 0.717) is 17.9 Å². The van der Waals surface area contributed by atoms with Crippen molar-refractivity contribution in [2.75, 3.05) is 5.32 Å². The lowest BCUT2D eigenvalue weighted by Gasteiger charge is -2.20. The Kier molecular flexibility index (Phi) is 3.91. The summed E-state index contributed by atoms with van der Waals surface area (Å²) in [4.78, 5) is 23.9. The third-order valence-corrected chi connectivity index (χ3v) is 4.05. The molecule has 1 amide bonds. The van der Waals surface area contributed by atoms with E-state index in [1.54, 1.807) is 6.07 Å². The molecule has 1 N–H and O–H groups in total. The van der Waals surface area contributed by atoms with Gasteiger partial charge < -0.3 is 10.1 Å². The van der Waals surface area contributed by atoms with Crippen LogP contribution in [0.1, 0.15) is 38.8 Å². The topological polar surface area (TPSA) is 55.4 Å². The Morgan fingerprint density at radius 3 is 2.42 bits per heavy atom. The van der Waals surface area contributed by atoms with E-state index < -0.39 is 5.41 Å². The van der Waals surface area contributed by atoms with Crippen molar-refractivity contribution < 1.29 is 14.3 Å². The van der Waals surface area contributed by atoms with Crippen molar-refractivity contribution in [1.29, 1.82) is 0 Å². The highest BCUT2D eigenvalue weighted by atomic mass is 16.5. The van der Waals surface area contributed by atoms with Crippen molar-refractivity contribution in [1.82, 2.24) is 0 Å². The van der Waals surface area contributed by atoms with E-state index in [4.69, 9.17) is 4.74 Å². The van der Waals surface area contributed by atoms with E-state index in [1.807, 2.05) is 39.0 Å². The lowest BCUT2D eigenvalue weighted by Crippen LogP contribution is -2.26. The summed E-state index contributed by atoms with van der Waals surface area (Å²) in [5.41, 5.74) is 4.25. The average Bonchev–Trinajstić information content (AvgIpc) is 2.87. The van der Waals surface area contributed by atoms with Crippen LogP contribution in [-0.4, -0.2) is 11.9 Å². The monoisotopic (exact) mass is 323 g/mol. The number of ether oxygens (including phenoxy) is 1. The normalized spacial score (nSPS) is 12.3. The maximum absolute atomic E-state index is 12.4. The minimum atomic E-state index is -0.623. The average molecular weight is 323 g/mol. The van der Waals surface area contributed by atoms with Gasteiger partial charge in [0.15, 0.2) is 5.75 Å². The first-order chi connectivity index (χ1) is 11.3. The predicted molar refractivity (Wildman–Crippen MR) is 94.1 cm³/mol. The summed E-state index contributed by atoms with van der Waals surface area (Å²) in [6, 6.07) is 11.9. The van der Waals surface area contributed by atoms with E-state index in [2.05, 4.69) is 17.4 Å². The smallest absolute Gasteiger partial charge is 0.316 e. The van der Waals surface area contributed by atoms with Crippen LogP contribution < -0.4 is 10.1 Å². The number of hydrogen-bond acceptors (Lipinski definition) is 3. The summed E-state index contributed by atoms with van der Waals surface area (Å²) < 4.78 is 5.73. The largest absolute Gasteiger partial charge is 0.424 e. The maximum atomic E-state index is 12.4. The number of anilines is 1. The second-order valence-corrected chi connectivity index (χ2v) is 7.12. The van der Waals surface area contributed by atoms with E-state index in [-0.39, 0.29) is 11.9 Å². The van der Waals surface area contributed by atoms with Gasteiger partial charge in [-0.05, 0) is 43.5 Å². The van der Waals surface area contributed by atoms with Crippen LogP contribution in [-0.2, 0) is 16.0 Å². The fourth-order valence-electron chi connectivity index (χ4n) is 2.83. The minimum absolute atomic E-state index is 0.196. The highest BCUT2D eigenvalue weighted by Gasteiger charge is 2.29. The maximum Gasteiger partial charge on any atom is 0.316 e. The molecule has 24 heavy (non-hydrogen) atoms. The molecule has 4 heteroatoms. The molecule has 1 aliphatic carbocycles. The van der Waals surface area contributed by atoms with Gasteiger partial charge in [-0.15, -0.1) is 0 Å². The molecule has 0 fully saturated rings. The zero-order valence-electron chi connectivity index (χ0n) is 14.4. The lowest BCUT2D eigenvalue weighted by atomic mass is 9.97. The van der Waals surface area contributed by atoms with Crippen LogP contribution >= 0.6 is 0 Å². The molecule has 0 unspecified atom stereocenters. The fourth-order valence-corrected chi connectivity index (χ4v) is 2.83. The molecular formula is C20H21NO3. The molecular weight excluding hydrogens is 302 g/mol. The molecule has 0 bridgehead atoms. The lowest BCUT2D eigenvalue weighted by molar-refractivity contribution is -0.143. The quantitative estimate of drug-likeness (QED) is 0.569. The first-order valence-corrected chi connectivity index (χ1v) is 8.01. The highest BCUT2D eigenvalue weighted by Crippen LogP contribution is 2.45. The number of carbonyl (C=O) groups excluding carboxylic acids is 2. The molecule has 0 radical (unpaired) electrons. The van der Waals surface area contributed by atoms with Crippen LogP contribution in [0.3, 0.4) is 0 Å². The van der Waals surface area contributed by atoms with Crippen LogP contribution in [0, 0.1) is 5.41 Å². The van der Waals surface area contributed by atoms with Crippen molar-refractivity contribution >= 4 is 17.6 Å². The first-order valence-electron chi connectivity index (χ1n) is 8.01. The number of amides is 1. The number of rotatable bonds is 2. The molecule has 4 nitrogen and oxygen atoms in total. The Bertz CT molecular complexity index is 831. The van der Waals surface area contributed by atoms with Gasteiger partial charge >= 0.3 is 5.97 Å². The molecule has 1 aliphatic rings. The summed E-state index contributed by atoms with van der Waals surface area (Å²) in [7, 11) is 0. The van der Waals surface area contributed by atoms with E-state index in [9.17, 15) is 9.59 Å². The van der Waals surface area contributed by atoms with Crippen LogP contribution in [0.2, 0.25) is 0 Å². The third-order valence-electron chi connectivity index (χ3n) is 4.05. The van der Waals surface area contributed by atoms with Crippen molar-refractivity contribution in [2.24, 2.45) is 5.41 Å². The molecule has 0 saturated carbocycles. The molecule has 0 aromatic heterocycles. The van der Waals surface area contributed by atoms with Crippen LogP contribution in [0.5, 0.6) is 5.75 Å². The zero-order chi connectivity index (χ0) is 17.5. The van der Waals surface area contributed by atoms with Gasteiger partial charge in [-0.2, -0.15) is 0 Å². The SMILES string of the molecule is CC(=O)Nc1ccc2c(c1OC(=O)C(C)(C)C)Cc1ccccc1-2. The molecule has 0 saturated heterocycles. The van der Waals surface area contributed by atoms with Gasteiger partial charge in [0, 0.05) is 18.9 Å². The summed E-state index contributed by atoms with van der Waals surface area (Å²) in [5, 5.41) is 2.77. The Balaban J connectivity index is 2.10. The van der Waals surface area contributed by atoms with Gasteiger partial charge in [-0.25, -0.2) is 0 Å². The van der Waals surface area contributed by atoms with Crippen LogP contribution in [0.15, 0.2) is 36.4 Å². The fraction of sp³-hybridized carbons (Fsp3) is 0.300. The minimum Gasteiger partial charge on any atom is -0.424 e. The summed E-state index contributed by atoms with van der Waals surface area (Å²) >= 11 is 0. The van der Waals surface area contributed by atoms with Gasteiger partial charge in [0.05, 0.1) is 11.1 Å². The van der Waals surface area contributed by atoms with E-state index in [1.165, 1.54) is 12.5 Å². The Morgan fingerprint density at radius 1 is 1.04 bits per heavy atom. The van der Waals surface area contributed by atoms with Gasteiger partial charge in [0.25, 0.3) is 0 Å². The Labute approximate surface area is 141 Å². The van der Waals surface area contributed by atoms with Gasteiger partial charge in [-0.3, -0.25) is 9.59 Å². The van der Waals surface area contributed by atoms with E-state index in [0.717, 1.165) is 16.7 Å². The molecule has 0 atom stereocenters. The standard InChI is InChI=1S/C20H21NO3/c1-12(22)21-17-10-9-15-14-8-6-5-7-13(14)11-16(15)18(17)24-19(23)20(2,3)4/h5-10H,11H2,1-4H3,(H,21,22). The van der Waals surface area contributed by atoms with Crippen molar-refractivity contribution in [3.8, 4) is 16.9 Å². The first kappa shape index (κ1) is 16.2. The molecule has 2 aromatic carbocycles. The Morgan fingerprint density at radius 2 is 1.75 bits per heavy atom. The number of nitrogens with one attached hydrogen (secondary N) is 1. The van der Waals surface area contributed by atoms with Crippen molar-refractivity contribution in [3.63, 3.8) is 0 Å². The predicted octanol–water partition coefficient (Wildman–Crippen LogP) is 4.17. The van der Waals surface area contributed by atoms with Crippen LogP contribution in [0.4, 0.5) is 5.69 Å². The van der Waals surface area contributed by atoms with Gasteiger partial charge in [0.1, 0.15) is 0 Å². The molecule has 0 heterocycles. The third kappa shape index (κ3) is 2.92.